The molecule has 1 aromatic heterocycles. The fourth-order valence-corrected chi connectivity index (χ4v) is 4.50. The first kappa shape index (κ1) is 24.9. The molecule has 33 heavy (non-hydrogen) atoms. The number of carbonyl (C=O) groups excluding carboxylic acids is 3. The SMILES string of the molecule is CCC(C)NC(=O)CN1CCN(C(=O)c2cccc(NC(=O)CCCc3cccs3)c2)CC1. The molecule has 1 saturated heterocycles. The normalized spacial score (nSPS) is 15.2. The molecule has 2 N–H and O–H groups in total. The van der Waals surface area contributed by atoms with Gasteiger partial charge in [-0.1, -0.05) is 19.1 Å². The molecule has 2 aromatic rings. The van der Waals surface area contributed by atoms with E-state index in [1.54, 1.807) is 29.5 Å². The quantitative estimate of drug-likeness (QED) is 0.558. The fraction of sp³-hybridized carbons (Fsp3) is 0.480. The highest BCUT2D eigenvalue weighted by Gasteiger charge is 2.23. The number of hydrogen-bond donors (Lipinski definition) is 2. The molecule has 1 atom stereocenters. The second kappa shape index (κ2) is 12.5. The van der Waals surface area contributed by atoms with Gasteiger partial charge in [-0.05, 0) is 55.8 Å². The van der Waals surface area contributed by atoms with Crippen LogP contribution in [0.5, 0.6) is 0 Å². The molecule has 178 valence electrons. The fourth-order valence-electron chi connectivity index (χ4n) is 3.75. The first-order valence-electron chi connectivity index (χ1n) is 11.7. The number of aryl methyl sites for hydroxylation is 1. The molecule has 0 aliphatic carbocycles. The lowest BCUT2D eigenvalue weighted by Gasteiger charge is -2.34. The highest BCUT2D eigenvalue weighted by atomic mass is 32.1. The maximum absolute atomic E-state index is 13.0. The minimum absolute atomic E-state index is 0.0305. The van der Waals surface area contributed by atoms with E-state index in [0.29, 0.717) is 50.4 Å². The molecule has 0 bridgehead atoms. The van der Waals surface area contributed by atoms with Gasteiger partial charge in [-0.25, -0.2) is 0 Å². The van der Waals surface area contributed by atoms with Gasteiger partial charge in [-0.2, -0.15) is 0 Å². The minimum atomic E-state index is -0.0486. The number of thiophene rings is 1. The lowest BCUT2D eigenvalue weighted by molar-refractivity contribution is -0.123. The van der Waals surface area contributed by atoms with E-state index in [0.717, 1.165) is 19.3 Å². The zero-order chi connectivity index (χ0) is 23.6. The van der Waals surface area contributed by atoms with Gasteiger partial charge in [0.05, 0.1) is 6.54 Å². The Balaban J connectivity index is 1.44. The number of amides is 3. The molecular weight excluding hydrogens is 436 g/mol. The van der Waals surface area contributed by atoms with Crippen LogP contribution < -0.4 is 10.6 Å². The first-order valence-corrected chi connectivity index (χ1v) is 12.6. The summed E-state index contributed by atoms with van der Waals surface area (Å²) in [5, 5.41) is 7.94. The Morgan fingerprint density at radius 1 is 1.06 bits per heavy atom. The van der Waals surface area contributed by atoms with Crippen molar-refractivity contribution in [3.8, 4) is 0 Å². The van der Waals surface area contributed by atoms with Crippen LogP contribution in [0.3, 0.4) is 0 Å². The number of rotatable bonds is 10. The van der Waals surface area contributed by atoms with Crippen LogP contribution in [0.2, 0.25) is 0 Å². The molecule has 3 amide bonds. The largest absolute Gasteiger partial charge is 0.353 e. The lowest BCUT2D eigenvalue weighted by Crippen LogP contribution is -2.51. The summed E-state index contributed by atoms with van der Waals surface area (Å²) >= 11 is 1.71. The molecule has 2 heterocycles. The molecule has 0 spiro atoms. The van der Waals surface area contributed by atoms with Gasteiger partial charge in [-0.3, -0.25) is 19.3 Å². The smallest absolute Gasteiger partial charge is 0.254 e. The van der Waals surface area contributed by atoms with Crippen molar-refractivity contribution in [2.75, 3.05) is 38.0 Å². The molecule has 0 saturated carbocycles. The van der Waals surface area contributed by atoms with Crippen molar-refractivity contribution in [2.24, 2.45) is 0 Å². The van der Waals surface area contributed by atoms with E-state index >= 15 is 0 Å². The monoisotopic (exact) mass is 470 g/mol. The van der Waals surface area contributed by atoms with Crippen molar-refractivity contribution < 1.29 is 14.4 Å². The van der Waals surface area contributed by atoms with Gasteiger partial charge >= 0.3 is 0 Å². The second-order valence-corrected chi connectivity index (χ2v) is 9.54. The van der Waals surface area contributed by atoms with Crippen molar-refractivity contribution >= 4 is 34.7 Å². The highest BCUT2D eigenvalue weighted by Crippen LogP contribution is 2.16. The van der Waals surface area contributed by atoms with E-state index < -0.39 is 0 Å². The average molecular weight is 471 g/mol. The third-order valence-electron chi connectivity index (χ3n) is 5.85. The Morgan fingerprint density at radius 2 is 1.85 bits per heavy atom. The van der Waals surface area contributed by atoms with Crippen LogP contribution in [-0.4, -0.2) is 66.3 Å². The second-order valence-electron chi connectivity index (χ2n) is 8.51. The molecule has 1 fully saturated rings. The maximum atomic E-state index is 13.0. The van der Waals surface area contributed by atoms with E-state index in [2.05, 4.69) is 21.6 Å². The molecule has 1 aliphatic heterocycles. The van der Waals surface area contributed by atoms with Crippen molar-refractivity contribution in [1.29, 1.82) is 0 Å². The van der Waals surface area contributed by atoms with Crippen molar-refractivity contribution in [3.05, 3.63) is 52.2 Å². The summed E-state index contributed by atoms with van der Waals surface area (Å²) in [6.45, 7) is 6.89. The third kappa shape index (κ3) is 7.98. The summed E-state index contributed by atoms with van der Waals surface area (Å²) in [5.41, 5.74) is 1.21. The Morgan fingerprint density at radius 3 is 2.55 bits per heavy atom. The molecular formula is C25H34N4O3S. The van der Waals surface area contributed by atoms with E-state index in [1.165, 1.54) is 4.88 Å². The van der Waals surface area contributed by atoms with Gasteiger partial charge in [0.2, 0.25) is 11.8 Å². The average Bonchev–Trinajstić information content (AvgIpc) is 3.32. The number of anilines is 1. The Kier molecular flexibility index (Phi) is 9.45. The van der Waals surface area contributed by atoms with Gasteiger partial charge < -0.3 is 15.5 Å². The van der Waals surface area contributed by atoms with Crippen LogP contribution in [-0.2, 0) is 16.0 Å². The van der Waals surface area contributed by atoms with Crippen LogP contribution in [0.4, 0.5) is 5.69 Å². The number of hydrogen-bond acceptors (Lipinski definition) is 5. The number of benzene rings is 1. The number of nitrogens with zero attached hydrogens (tertiary/aromatic N) is 2. The van der Waals surface area contributed by atoms with E-state index in [9.17, 15) is 14.4 Å². The first-order chi connectivity index (χ1) is 15.9. The third-order valence-corrected chi connectivity index (χ3v) is 6.78. The molecule has 1 unspecified atom stereocenters. The summed E-state index contributed by atoms with van der Waals surface area (Å²) < 4.78 is 0. The molecule has 0 radical (unpaired) electrons. The van der Waals surface area contributed by atoms with E-state index in [-0.39, 0.29) is 23.8 Å². The van der Waals surface area contributed by atoms with E-state index in [4.69, 9.17) is 0 Å². The zero-order valence-electron chi connectivity index (χ0n) is 19.5. The highest BCUT2D eigenvalue weighted by molar-refractivity contribution is 7.09. The van der Waals surface area contributed by atoms with Crippen molar-refractivity contribution in [3.63, 3.8) is 0 Å². The predicted octanol–water partition coefficient (Wildman–Crippen LogP) is 3.38. The maximum Gasteiger partial charge on any atom is 0.254 e. The van der Waals surface area contributed by atoms with Gasteiger partial charge in [0.15, 0.2) is 0 Å². The molecule has 1 aliphatic rings. The molecule has 3 rings (SSSR count). The topological polar surface area (TPSA) is 81.8 Å². The van der Waals surface area contributed by atoms with Gasteiger partial charge in [0, 0.05) is 54.8 Å². The molecule has 8 heteroatoms. The van der Waals surface area contributed by atoms with Gasteiger partial charge in [0.25, 0.3) is 5.91 Å². The summed E-state index contributed by atoms with van der Waals surface area (Å²) in [7, 11) is 0. The summed E-state index contributed by atoms with van der Waals surface area (Å²) in [6.07, 6.45) is 3.05. The Labute approximate surface area is 200 Å². The van der Waals surface area contributed by atoms with Gasteiger partial charge in [0.1, 0.15) is 0 Å². The number of piperazine rings is 1. The standard InChI is InChI=1S/C25H34N4O3S/c1-3-19(2)26-24(31)18-28-12-14-29(15-13-28)25(32)20-7-4-8-21(17-20)27-23(30)11-5-9-22-10-6-16-33-22/h4,6-8,10,16-17,19H,3,5,9,11-15,18H2,1-2H3,(H,26,31)(H,27,30). The Hall–Kier alpha value is -2.71. The molecule has 7 nitrogen and oxygen atoms in total. The minimum Gasteiger partial charge on any atom is -0.353 e. The Bertz CT molecular complexity index is 923. The van der Waals surface area contributed by atoms with Crippen molar-refractivity contribution in [1.82, 2.24) is 15.1 Å². The van der Waals surface area contributed by atoms with E-state index in [1.807, 2.05) is 36.3 Å². The number of nitrogens with one attached hydrogen (secondary N) is 2. The summed E-state index contributed by atoms with van der Waals surface area (Å²) in [6, 6.07) is 11.4. The van der Waals surface area contributed by atoms with Crippen LogP contribution >= 0.6 is 11.3 Å². The van der Waals surface area contributed by atoms with Crippen LogP contribution in [0.15, 0.2) is 41.8 Å². The molecule has 1 aromatic carbocycles. The van der Waals surface area contributed by atoms with Gasteiger partial charge in [-0.15, -0.1) is 11.3 Å². The van der Waals surface area contributed by atoms with Crippen LogP contribution in [0.1, 0.15) is 48.3 Å². The summed E-state index contributed by atoms with van der Waals surface area (Å²) in [5.74, 6) is -0.0594. The zero-order valence-corrected chi connectivity index (χ0v) is 20.3. The van der Waals surface area contributed by atoms with Crippen LogP contribution in [0, 0.1) is 0 Å². The number of carbonyl (C=O) groups is 3. The predicted molar refractivity (Wildman–Crippen MR) is 133 cm³/mol. The van der Waals surface area contributed by atoms with Crippen LogP contribution in [0.25, 0.3) is 0 Å². The summed E-state index contributed by atoms with van der Waals surface area (Å²) in [4.78, 5) is 42.5. The van der Waals surface area contributed by atoms with Crippen molar-refractivity contribution in [2.45, 2.75) is 45.6 Å². The lowest BCUT2D eigenvalue weighted by atomic mass is 10.1.